The lowest BCUT2D eigenvalue weighted by Crippen LogP contribution is -2.41. The second-order valence-corrected chi connectivity index (χ2v) is 31.4. The average molecular weight is 1360 g/mol. The summed E-state index contributed by atoms with van der Waals surface area (Å²) in [6, 6.07) is -1.66. The van der Waals surface area contributed by atoms with Crippen LogP contribution in [0.15, 0.2) is 116 Å². The molecule has 34 heteroatoms. The van der Waals surface area contributed by atoms with E-state index in [1.165, 1.54) is 6.08 Å². The smallest absolute Gasteiger partial charge is 0.303 e. The molecular weight excluding hydrogens is 1280 g/mol. The van der Waals surface area contributed by atoms with Gasteiger partial charge in [0.15, 0.2) is 0 Å². The second-order valence-electron chi connectivity index (χ2n) is 23.6. The summed E-state index contributed by atoms with van der Waals surface area (Å²) in [4.78, 5) is 77.8. The average Bonchev–Trinajstić information content (AvgIpc) is 1.59. The fourth-order valence-corrected chi connectivity index (χ4v) is 13.7. The van der Waals surface area contributed by atoms with Gasteiger partial charge in [0.2, 0.25) is 5.91 Å². The van der Waals surface area contributed by atoms with E-state index >= 15 is 0 Å². The van der Waals surface area contributed by atoms with Crippen molar-refractivity contribution in [3.8, 4) is 0 Å². The molecule has 0 spiro atoms. The van der Waals surface area contributed by atoms with E-state index < -0.39 is 170 Å². The van der Waals surface area contributed by atoms with Gasteiger partial charge in [0.1, 0.15) is 23.2 Å². The van der Waals surface area contributed by atoms with Gasteiger partial charge >= 0.3 is 5.97 Å². The third-order valence-corrected chi connectivity index (χ3v) is 19.9. The third kappa shape index (κ3) is 21.0. The summed E-state index contributed by atoms with van der Waals surface area (Å²) >= 11 is 0. The van der Waals surface area contributed by atoms with Gasteiger partial charge in [-0.15, -0.1) is 0 Å². The number of carboxylic acids is 1. The van der Waals surface area contributed by atoms with Gasteiger partial charge in [-0.1, -0.05) is 76.1 Å². The number of nitrogens with one attached hydrogen (secondary N) is 4. The van der Waals surface area contributed by atoms with Gasteiger partial charge in [-0.2, -0.15) is 42.1 Å². The number of nitrogens with zero attached hydrogens (tertiary/aromatic N) is 4. The molecule has 10 N–H and O–H groups in total. The Hall–Kier alpha value is -6.50. The Bertz CT molecular complexity index is 3780. The molecule has 5 atom stereocenters. The molecule has 90 heavy (non-hydrogen) atoms. The number of hydrogen-bond acceptors (Lipinski definition) is 19. The topological polar surface area (TPSA) is 457 Å². The first kappa shape index (κ1) is 72.6. The summed E-state index contributed by atoms with van der Waals surface area (Å²) in [6.07, 6.45) is 22.6. The molecule has 0 fully saturated rings. The van der Waals surface area contributed by atoms with Crippen molar-refractivity contribution in [3.05, 3.63) is 106 Å². The number of carboxylic acid groups (broad SMARTS) is 1. The number of hydrogen-bond donors (Lipinski definition) is 10. The van der Waals surface area contributed by atoms with Gasteiger partial charge in [-0.3, -0.25) is 51.7 Å². The van der Waals surface area contributed by atoms with Gasteiger partial charge < -0.3 is 36.2 Å². The Labute approximate surface area is 524 Å². The number of aliphatic carboxylic acids is 1. The first-order valence-electron chi connectivity index (χ1n) is 28.8. The molecule has 0 radical (unpaired) electrons. The highest BCUT2D eigenvalue weighted by atomic mass is 32.2. The highest BCUT2D eigenvalue weighted by Gasteiger charge is 2.47. The van der Waals surface area contributed by atoms with Crippen LogP contribution < -0.4 is 21.3 Å². The zero-order chi connectivity index (χ0) is 66.8. The van der Waals surface area contributed by atoms with E-state index in [2.05, 4.69) is 36.2 Å². The Balaban J connectivity index is 1.27. The molecule has 2 aliphatic carbocycles. The lowest BCUT2D eigenvalue weighted by atomic mass is 9.72. The largest absolute Gasteiger partial charge is 0.481 e. The predicted octanol–water partition coefficient (Wildman–Crippen LogP) is 2.12. The fraction of sp³-hybridized carbons (Fsp3) is 0.554. The molecule has 0 saturated heterocycles. The molecule has 29 nitrogen and oxygen atoms in total. The van der Waals surface area contributed by atoms with E-state index in [0.717, 1.165) is 28.2 Å². The molecule has 6 aliphatic rings. The van der Waals surface area contributed by atoms with Crippen LogP contribution in [0.25, 0.3) is 0 Å². The molecule has 0 aromatic heterocycles. The van der Waals surface area contributed by atoms with Crippen molar-refractivity contribution in [1.29, 1.82) is 0 Å². The maximum absolute atomic E-state index is 13.4. The molecule has 0 aromatic carbocycles. The summed E-state index contributed by atoms with van der Waals surface area (Å²) in [5, 5.41) is 18.9. The minimum absolute atomic E-state index is 0.000231. The third-order valence-electron chi connectivity index (χ3n) is 16.2. The van der Waals surface area contributed by atoms with E-state index in [1.807, 2.05) is 87.3 Å². The molecule has 6 rings (SSSR count). The van der Waals surface area contributed by atoms with Crippen molar-refractivity contribution >= 4 is 91.6 Å². The van der Waals surface area contributed by atoms with E-state index in [-0.39, 0.29) is 55.3 Å². The van der Waals surface area contributed by atoms with Crippen molar-refractivity contribution in [1.82, 2.24) is 31.1 Å². The van der Waals surface area contributed by atoms with Crippen LogP contribution in [0.4, 0.5) is 0 Å². The van der Waals surface area contributed by atoms with Gasteiger partial charge in [0.25, 0.3) is 68.3 Å². The van der Waals surface area contributed by atoms with Crippen LogP contribution in [0.5, 0.6) is 0 Å². The van der Waals surface area contributed by atoms with Crippen LogP contribution in [0.2, 0.25) is 0 Å². The van der Waals surface area contributed by atoms with Crippen LogP contribution in [0, 0.1) is 28.6 Å². The Morgan fingerprint density at radius 1 is 0.611 bits per heavy atom. The second kappa shape index (κ2) is 29.8. The van der Waals surface area contributed by atoms with Gasteiger partial charge in [-0.25, -0.2) is 4.99 Å². The van der Waals surface area contributed by atoms with Crippen LogP contribution in [0.3, 0.4) is 0 Å². The molecule has 498 valence electrons. The number of rotatable bonds is 31. The zero-order valence-electron chi connectivity index (χ0n) is 50.0. The first-order valence-corrected chi connectivity index (χ1v) is 36.9. The van der Waals surface area contributed by atoms with E-state index in [4.69, 9.17) is 0 Å². The minimum atomic E-state index is -4.46. The molecule has 5 unspecified atom stereocenters. The van der Waals surface area contributed by atoms with Crippen LogP contribution in [-0.4, -0.2) is 201 Å². The number of amides is 4. The monoisotopic (exact) mass is 1360 g/mol. The minimum Gasteiger partial charge on any atom is -0.481 e. The number of carbonyl (C=O) groups is 5. The summed E-state index contributed by atoms with van der Waals surface area (Å²) in [5.41, 5.74) is 3.13. The fourth-order valence-electron chi connectivity index (χ4n) is 11.8. The van der Waals surface area contributed by atoms with E-state index in [1.54, 1.807) is 6.08 Å². The normalized spacial score (nSPS) is 23.1. The van der Waals surface area contributed by atoms with Crippen molar-refractivity contribution in [2.45, 2.75) is 97.6 Å². The van der Waals surface area contributed by atoms with Crippen LogP contribution in [0.1, 0.15) is 85.5 Å². The molecule has 4 aliphatic heterocycles. The zero-order valence-corrected chi connectivity index (χ0v) is 54.1. The number of allylic oxidation sites excluding steroid dienone is 10. The van der Waals surface area contributed by atoms with Gasteiger partial charge in [0.05, 0.1) is 34.8 Å². The van der Waals surface area contributed by atoms with Crippen LogP contribution >= 0.6 is 0 Å². The first-order chi connectivity index (χ1) is 41.7. The van der Waals surface area contributed by atoms with Gasteiger partial charge in [0, 0.05) is 92.4 Å². The molecular formula is C56H78N8O21S5. The maximum atomic E-state index is 13.4. The highest BCUT2D eigenvalue weighted by molar-refractivity contribution is 7.86. The molecule has 4 heterocycles. The van der Waals surface area contributed by atoms with Crippen molar-refractivity contribution in [2.75, 3.05) is 68.0 Å². The maximum Gasteiger partial charge on any atom is 0.303 e. The Morgan fingerprint density at radius 2 is 1.19 bits per heavy atom. The lowest BCUT2D eigenvalue weighted by Gasteiger charge is -2.34. The Kier molecular flexibility index (Phi) is 24.1. The molecule has 0 aromatic rings. The number of dihydropyridines is 1. The number of carbonyl (C=O) groups excluding carboxylic acids is 4. The standard InChI is InChI=1S/C56H78N8O21S5/c1-55(2)40-30-36(38-32-42(51(67)57-19-26-87(74,75)76)61-43(33-38)52(68)58-20-27-88(77,78)79)15-17-46(40)63(23-10-6-9-14-50(65)66)48(55)12-7-5-8-13-49-56(3,4)41-31-37(16-18-47(41)64(49)24-11-25-86(71,72)73)39-34-44(53(69)59-21-28-89(80,81)82)62-45(35-39)54(70)60-22-29-90(83,84)85/h5,7-8,12-13,15-18,32,34,36-38,45,49H,6,9-11,14,19-31,33,35H2,1-4H3,(H,57,67)(H,58,68)(H,59,69)(H,60,70)(H,65,66)(H,71,72,73)(H,74,75,76)(H,77,78,79)(H,80,81,82)(H,83,84,85). The summed E-state index contributed by atoms with van der Waals surface area (Å²) in [6.45, 7) is 6.91. The van der Waals surface area contributed by atoms with E-state index in [0.29, 0.717) is 44.2 Å². The van der Waals surface area contributed by atoms with Crippen molar-refractivity contribution < 1.29 is 93.9 Å². The highest BCUT2D eigenvalue weighted by Crippen LogP contribution is 2.54. The SMILES string of the molecule is CC1(C)C(=CC=CC=CC2N(CCCS(=O)(=O)O)C3=C(CC(C4=CC(C(=O)NCCS(=O)(=O)O)=NC(C(=O)NCCS(=O)(=O)O)C4)C=C3)C2(C)C)N(CCCCCC(=O)O)C2=C1CC(C1C=C(C(=O)NCCS(=O)(=O)O)N=C(C(=O)NCCS(=O)(=O)O)C1)C=C2. The summed E-state index contributed by atoms with van der Waals surface area (Å²) in [7, 11) is -22.1. The molecule has 4 amide bonds. The lowest BCUT2D eigenvalue weighted by molar-refractivity contribution is -0.137. The summed E-state index contributed by atoms with van der Waals surface area (Å²) in [5.74, 6) is -9.22. The number of aliphatic imine (C=N–C) groups is 2. The molecule has 0 saturated carbocycles. The molecule has 0 bridgehead atoms. The van der Waals surface area contributed by atoms with Crippen molar-refractivity contribution in [3.63, 3.8) is 0 Å². The quantitative estimate of drug-likeness (QED) is 0.0270. The predicted molar refractivity (Wildman–Crippen MR) is 332 cm³/mol. The summed E-state index contributed by atoms with van der Waals surface area (Å²) < 4.78 is 162. The van der Waals surface area contributed by atoms with Crippen molar-refractivity contribution in [2.24, 2.45) is 38.6 Å². The van der Waals surface area contributed by atoms with Gasteiger partial charge in [-0.05, 0) is 85.5 Å². The Morgan fingerprint density at radius 3 is 1.79 bits per heavy atom. The van der Waals surface area contributed by atoms with Crippen LogP contribution in [-0.2, 0) is 74.6 Å². The van der Waals surface area contributed by atoms with E-state index in [9.17, 15) is 93.9 Å². The number of unbranched alkanes of at least 4 members (excludes halogenated alkanes) is 2.